The highest BCUT2D eigenvalue weighted by Crippen LogP contribution is 2.20. The van der Waals surface area contributed by atoms with Gasteiger partial charge >= 0.3 is 5.97 Å². The molecule has 0 aliphatic rings. The molecule has 2 heterocycles. The van der Waals surface area contributed by atoms with Gasteiger partial charge < -0.3 is 10.4 Å². The van der Waals surface area contributed by atoms with Crippen LogP contribution in [0.25, 0.3) is 5.65 Å². The lowest BCUT2D eigenvalue weighted by Crippen LogP contribution is -2.09. The molecule has 0 aromatic carbocycles. The van der Waals surface area contributed by atoms with Crippen LogP contribution in [-0.4, -0.2) is 32.2 Å². The molecule has 2 N–H and O–H groups in total. The second-order valence-corrected chi connectivity index (χ2v) is 3.94. The highest BCUT2D eigenvalue weighted by Gasteiger charge is 2.13. The van der Waals surface area contributed by atoms with Crippen molar-refractivity contribution >= 4 is 33.4 Å². The standard InChI is InChI=1S/C9H9BrN4O2/c1-2-11-7-3-6(9(15)16)13-8-5(10)4-12-14(7)8/h3-4,11H,2H2,1H3,(H,15,16). The molecule has 0 fully saturated rings. The van der Waals surface area contributed by atoms with Gasteiger partial charge in [-0.3, -0.25) is 0 Å². The fourth-order valence-corrected chi connectivity index (χ4v) is 1.70. The average Bonchev–Trinajstić information content (AvgIpc) is 2.61. The van der Waals surface area contributed by atoms with E-state index in [1.807, 2.05) is 6.92 Å². The third-order valence-electron chi connectivity index (χ3n) is 2.01. The van der Waals surface area contributed by atoms with Gasteiger partial charge in [0, 0.05) is 12.6 Å². The van der Waals surface area contributed by atoms with Crippen LogP contribution in [0.15, 0.2) is 16.7 Å². The van der Waals surface area contributed by atoms with Crippen LogP contribution in [0.3, 0.4) is 0 Å². The van der Waals surface area contributed by atoms with Crippen LogP contribution in [0.4, 0.5) is 5.82 Å². The molecule has 6 nitrogen and oxygen atoms in total. The molecule has 16 heavy (non-hydrogen) atoms. The van der Waals surface area contributed by atoms with E-state index in [4.69, 9.17) is 5.11 Å². The summed E-state index contributed by atoms with van der Waals surface area (Å²) in [7, 11) is 0. The smallest absolute Gasteiger partial charge is 0.354 e. The number of carboxylic acid groups (broad SMARTS) is 1. The molecule has 0 unspecified atom stereocenters. The molecule has 2 aromatic heterocycles. The van der Waals surface area contributed by atoms with E-state index in [0.717, 1.165) is 0 Å². The molecule has 0 saturated heterocycles. The van der Waals surface area contributed by atoms with Crippen LogP contribution in [-0.2, 0) is 0 Å². The average molecular weight is 285 g/mol. The molecule has 2 rings (SSSR count). The Morgan fingerprint density at radius 2 is 2.44 bits per heavy atom. The van der Waals surface area contributed by atoms with E-state index in [2.05, 4.69) is 31.3 Å². The Balaban J connectivity index is 2.70. The largest absolute Gasteiger partial charge is 0.477 e. The van der Waals surface area contributed by atoms with Gasteiger partial charge in [0.1, 0.15) is 5.82 Å². The van der Waals surface area contributed by atoms with Gasteiger partial charge in [0.25, 0.3) is 0 Å². The number of halogens is 1. The Labute approximate surface area is 99.4 Å². The summed E-state index contributed by atoms with van der Waals surface area (Å²) in [6.07, 6.45) is 1.58. The van der Waals surface area contributed by atoms with Crippen molar-refractivity contribution in [1.82, 2.24) is 14.6 Å². The van der Waals surface area contributed by atoms with E-state index in [0.29, 0.717) is 22.5 Å². The number of carboxylic acids is 1. The summed E-state index contributed by atoms with van der Waals surface area (Å²) in [5.74, 6) is -0.453. The van der Waals surface area contributed by atoms with Crippen molar-refractivity contribution in [2.45, 2.75) is 6.92 Å². The van der Waals surface area contributed by atoms with E-state index < -0.39 is 5.97 Å². The molecule has 2 aromatic rings. The maximum absolute atomic E-state index is 10.9. The molecular weight excluding hydrogens is 276 g/mol. The molecule has 0 bridgehead atoms. The van der Waals surface area contributed by atoms with Gasteiger partial charge in [-0.05, 0) is 22.9 Å². The van der Waals surface area contributed by atoms with Crippen molar-refractivity contribution in [1.29, 1.82) is 0 Å². The maximum atomic E-state index is 10.9. The Morgan fingerprint density at radius 3 is 3.06 bits per heavy atom. The molecule has 7 heteroatoms. The number of anilines is 1. The summed E-state index contributed by atoms with van der Waals surface area (Å²) < 4.78 is 2.22. The third-order valence-corrected chi connectivity index (χ3v) is 2.57. The quantitative estimate of drug-likeness (QED) is 0.895. The number of rotatable bonds is 3. The van der Waals surface area contributed by atoms with Gasteiger partial charge in [-0.1, -0.05) is 0 Å². The Hall–Kier alpha value is -1.63. The summed E-state index contributed by atoms with van der Waals surface area (Å²) >= 11 is 3.27. The predicted molar refractivity (Wildman–Crippen MR) is 61.8 cm³/mol. The van der Waals surface area contributed by atoms with E-state index >= 15 is 0 Å². The van der Waals surface area contributed by atoms with Gasteiger partial charge in [-0.25, -0.2) is 9.78 Å². The minimum atomic E-state index is -1.06. The summed E-state index contributed by atoms with van der Waals surface area (Å²) in [5.41, 5.74) is 0.473. The number of aromatic nitrogens is 3. The molecule has 84 valence electrons. The number of fused-ring (bicyclic) bond motifs is 1. The van der Waals surface area contributed by atoms with Gasteiger partial charge in [-0.2, -0.15) is 9.61 Å². The Kier molecular flexibility index (Phi) is 2.78. The number of aromatic carboxylic acids is 1. The lowest BCUT2D eigenvalue weighted by Gasteiger charge is -2.06. The second kappa shape index (κ2) is 4.09. The first-order valence-corrected chi connectivity index (χ1v) is 5.44. The number of nitrogens with one attached hydrogen (secondary N) is 1. The molecule has 0 aliphatic heterocycles. The molecule has 0 aliphatic carbocycles. The lowest BCUT2D eigenvalue weighted by molar-refractivity contribution is 0.0690. The van der Waals surface area contributed by atoms with Crippen LogP contribution in [0.2, 0.25) is 0 Å². The van der Waals surface area contributed by atoms with Gasteiger partial charge in [0.2, 0.25) is 0 Å². The monoisotopic (exact) mass is 284 g/mol. The minimum absolute atomic E-state index is 0.00958. The zero-order chi connectivity index (χ0) is 11.7. The van der Waals surface area contributed by atoms with Crippen molar-refractivity contribution in [3.05, 3.63) is 22.4 Å². The molecular formula is C9H9BrN4O2. The Bertz CT molecular complexity index is 552. The Morgan fingerprint density at radius 1 is 1.69 bits per heavy atom. The van der Waals surface area contributed by atoms with Crippen LogP contribution >= 0.6 is 15.9 Å². The van der Waals surface area contributed by atoms with E-state index in [1.54, 1.807) is 10.7 Å². The van der Waals surface area contributed by atoms with Crippen LogP contribution in [0, 0.1) is 0 Å². The normalized spacial score (nSPS) is 10.6. The number of hydrogen-bond donors (Lipinski definition) is 2. The third kappa shape index (κ3) is 1.73. The summed E-state index contributed by atoms with van der Waals surface area (Å²) in [5, 5.41) is 16.1. The first kappa shape index (κ1) is 10.9. The van der Waals surface area contributed by atoms with E-state index in [9.17, 15) is 4.79 Å². The second-order valence-electron chi connectivity index (χ2n) is 3.09. The zero-order valence-corrected chi connectivity index (χ0v) is 10.0. The number of nitrogens with zero attached hydrogens (tertiary/aromatic N) is 3. The van der Waals surface area contributed by atoms with E-state index in [1.165, 1.54) is 6.07 Å². The van der Waals surface area contributed by atoms with Crippen LogP contribution in [0.5, 0.6) is 0 Å². The summed E-state index contributed by atoms with van der Waals surface area (Å²) in [4.78, 5) is 14.9. The van der Waals surface area contributed by atoms with Crippen molar-refractivity contribution < 1.29 is 9.90 Å². The molecule has 0 amide bonds. The van der Waals surface area contributed by atoms with Crippen molar-refractivity contribution in [3.63, 3.8) is 0 Å². The minimum Gasteiger partial charge on any atom is -0.477 e. The predicted octanol–water partition coefficient (Wildman–Crippen LogP) is 1.62. The van der Waals surface area contributed by atoms with Crippen molar-refractivity contribution in [2.24, 2.45) is 0 Å². The molecule has 0 radical (unpaired) electrons. The first-order valence-electron chi connectivity index (χ1n) is 4.65. The zero-order valence-electron chi connectivity index (χ0n) is 8.44. The highest BCUT2D eigenvalue weighted by molar-refractivity contribution is 9.10. The molecule has 0 saturated carbocycles. The van der Waals surface area contributed by atoms with Crippen molar-refractivity contribution in [3.8, 4) is 0 Å². The topological polar surface area (TPSA) is 79.5 Å². The van der Waals surface area contributed by atoms with Gasteiger partial charge in [-0.15, -0.1) is 0 Å². The first-order chi connectivity index (χ1) is 7.63. The molecule has 0 spiro atoms. The van der Waals surface area contributed by atoms with Gasteiger partial charge in [0.05, 0.1) is 10.7 Å². The van der Waals surface area contributed by atoms with Gasteiger partial charge in [0.15, 0.2) is 11.3 Å². The number of carbonyl (C=O) groups is 1. The van der Waals surface area contributed by atoms with E-state index in [-0.39, 0.29) is 5.69 Å². The van der Waals surface area contributed by atoms with Crippen molar-refractivity contribution in [2.75, 3.05) is 11.9 Å². The SMILES string of the molecule is CCNc1cc(C(=O)O)nc2c(Br)cnn12. The molecule has 0 atom stereocenters. The lowest BCUT2D eigenvalue weighted by atomic mass is 10.4. The fourth-order valence-electron chi connectivity index (χ4n) is 1.35. The van der Waals surface area contributed by atoms with Crippen LogP contribution < -0.4 is 5.32 Å². The highest BCUT2D eigenvalue weighted by atomic mass is 79.9. The number of hydrogen-bond acceptors (Lipinski definition) is 4. The summed E-state index contributed by atoms with van der Waals surface area (Å²) in [6, 6.07) is 1.46. The van der Waals surface area contributed by atoms with Crippen LogP contribution in [0.1, 0.15) is 17.4 Å². The fraction of sp³-hybridized carbons (Fsp3) is 0.222. The maximum Gasteiger partial charge on any atom is 0.354 e. The summed E-state index contributed by atoms with van der Waals surface area (Å²) in [6.45, 7) is 2.60.